The lowest BCUT2D eigenvalue weighted by molar-refractivity contribution is -0.0832. The maximum absolute atomic E-state index is 13.0. The summed E-state index contributed by atoms with van der Waals surface area (Å²) >= 11 is 0. The molecule has 1 rings (SSSR count). The zero-order valence-corrected chi connectivity index (χ0v) is 8.22. The van der Waals surface area contributed by atoms with Gasteiger partial charge >= 0.3 is 6.18 Å². The summed E-state index contributed by atoms with van der Waals surface area (Å²) in [6.07, 6.45) is -4.87. The fraction of sp³-hybridized carbons (Fsp3) is 0.750. The summed E-state index contributed by atoms with van der Waals surface area (Å²) in [5, 5.41) is 0. The van der Waals surface area contributed by atoms with Crippen molar-refractivity contribution in [3.8, 4) is 0 Å². The number of piperazine rings is 1. The predicted octanol–water partition coefficient (Wildman–Crippen LogP) is 1.76. The summed E-state index contributed by atoms with van der Waals surface area (Å²) in [7, 11) is 1.85. The SMILES string of the molecule is CN1CCN(/C(F)=C/C(F)(F)F)CC1.F. The predicted molar refractivity (Wildman–Crippen MR) is 46.8 cm³/mol. The molecule has 15 heavy (non-hydrogen) atoms. The Hall–Kier alpha value is -0.850. The molecule has 0 unspecified atom stereocenters. The molecule has 0 amide bonds. The van der Waals surface area contributed by atoms with E-state index in [0.29, 0.717) is 26.2 Å². The van der Waals surface area contributed by atoms with Crippen molar-refractivity contribution >= 4 is 0 Å². The lowest BCUT2D eigenvalue weighted by atomic mass is 10.3. The summed E-state index contributed by atoms with van der Waals surface area (Å²) in [6, 6.07) is 0. The van der Waals surface area contributed by atoms with Gasteiger partial charge in [0.2, 0.25) is 0 Å². The van der Waals surface area contributed by atoms with Crippen LogP contribution in [-0.4, -0.2) is 49.2 Å². The van der Waals surface area contributed by atoms with Crippen molar-refractivity contribution in [2.24, 2.45) is 0 Å². The molecule has 0 aliphatic carbocycles. The van der Waals surface area contributed by atoms with Crippen LogP contribution in [0, 0.1) is 0 Å². The first-order chi connectivity index (χ1) is 6.38. The number of hydrogen-bond donors (Lipinski definition) is 0. The fourth-order valence-electron chi connectivity index (χ4n) is 1.25. The van der Waals surface area contributed by atoms with Crippen LogP contribution in [-0.2, 0) is 0 Å². The summed E-state index contributed by atoms with van der Waals surface area (Å²) < 4.78 is 48.3. The highest BCUT2D eigenvalue weighted by Gasteiger charge is 2.27. The molecule has 0 bridgehead atoms. The third-order valence-corrected chi connectivity index (χ3v) is 2.09. The Labute approximate surface area is 84.5 Å². The number of rotatable bonds is 1. The number of likely N-dealkylation sites (N-methyl/N-ethyl adjacent to an activating group) is 1. The van der Waals surface area contributed by atoms with Crippen LogP contribution in [0.3, 0.4) is 0 Å². The largest absolute Gasteiger partial charge is 0.414 e. The molecule has 1 fully saturated rings. The normalized spacial score (nSPS) is 20.1. The van der Waals surface area contributed by atoms with E-state index < -0.39 is 12.1 Å². The molecule has 1 aliphatic rings. The minimum Gasteiger partial charge on any atom is -0.346 e. The molecule has 0 saturated carbocycles. The number of hydrogen-bond acceptors (Lipinski definition) is 2. The fourth-order valence-corrected chi connectivity index (χ4v) is 1.25. The van der Waals surface area contributed by atoms with Crippen LogP contribution in [0.5, 0.6) is 0 Å². The Bertz CT molecular complexity index is 218. The van der Waals surface area contributed by atoms with Crippen molar-refractivity contribution < 1.29 is 22.3 Å². The smallest absolute Gasteiger partial charge is 0.346 e. The van der Waals surface area contributed by atoms with Crippen molar-refractivity contribution in [2.75, 3.05) is 33.2 Å². The zero-order chi connectivity index (χ0) is 10.8. The molecule has 1 heterocycles. The Morgan fingerprint density at radius 1 is 1.13 bits per heavy atom. The van der Waals surface area contributed by atoms with Gasteiger partial charge in [-0.25, -0.2) is 0 Å². The lowest BCUT2D eigenvalue weighted by Gasteiger charge is -2.32. The number of halogens is 5. The average molecular weight is 232 g/mol. The molecule has 7 heteroatoms. The highest BCUT2D eigenvalue weighted by atomic mass is 19.4. The van der Waals surface area contributed by atoms with Crippen molar-refractivity contribution in [1.82, 2.24) is 9.80 Å². The van der Waals surface area contributed by atoms with E-state index in [-0.39, 0.29) is 10.8 Å². The second-order valence-corrected chi connectivity index (χ2v) is 3.30. The molecule has 90 valence electrons. The van der Waals surface area contributed by atoms with Crippen molar-refractivity contribution in [2.45, 2.75) is 6.18 Å². The molecule has 1 saturated heterocycles. The maximum atomic E-state index is 13.0. The zero-order valence-electron chi connectivity index (χ0n) is 8.22. The van der Waals surface area contributed by atoms with Crippen LogP contribution in [0.15, 0.2) is 12.0 Å². The van der Waals surface area contributed by atoms with E-state index in [4.69, 9.17) is 0 Å². The minimum absolute atomic E-state index is 0. The number of allylic oxidation sites excluding steroid dienone is 1. The molecule has 1 aliphatic heterocycles. The monoisotopic (exact) mass is 232 g/mol. The van der Waals surface area contributed by atoms with Gasteiger partial charge in [-0.15, -0.1) is 0 Å². The Kier molecular flexibility index (Phi) is 4.99. The van der Waals surface area contributed by atoms with Crippen LogP contribution in [0.2, 0.25) is 0 Å². The Morgan fingerprint density at radius 2 is 1.60 bits per heavy atom. The van der Waals surface area contributed by atoms with Crippen molar-refractivity contribution in [1.29, 1.82) is 0 Å². The van der Waals surface area contributed by atoms with E-state index in [2.05, 4.69) is 0 Å². The molecule has 0 aromatic carbocycles. The summed E-state index contributed by atoms with van der Waals surface area (Å²) in [5.74, 6) is -1.19. The van der Waals surface area contributed by atoms with Crippen LogP contribution in [0.4, 0.5) is 22.3 Å². The molecule has 0 aromatic heterocycles. The molecular formula is C8H13F5N2. The standard InChI is InChI=1S/C8H12F4N2.FH/c1-13-2-4-14(5-3-13)7(9)6-8(10,11)12;/h6H,2-5H2,1H3;1H/b7-6+;. The second kappa shape index (κ2) is 5.29. The van der Waals surface area contributed by atoms with Crippen LogP contribution in [0.25, 0.3) is 0 Å². The quantitative estimate of drug-likeness (QED) is 0.502. The van der Waals surface area contributed by atoms with Gasteiger partial charge in [0.05, 0.1) is 6.08 Å². The van der Waals surface area contributed by atoms with E-state index >= 15 is 0 Å². The highest BCUT2D eigenvalue weighted by molar-refractivity contribution is 4.97. The average Bonchev–Trinajstić information content (AvgIpc) is 2.02. The first-order valence-corrected chi connectivity index (χ1v) is 4.27. The topological polar surface area (TPSA) is 6.48 Å². The van der Waals surface area contributed by atoms with Gasteiger partial charge in [0, 0.05) is 26.2 Å². The summed E-state index contributed by atoms with van der Waals surface area (Å²) in [5.41, 5.74) is 0. The third kappa shape index (κ3) is 4.96. The van der Waals surface area contributed by atoms with Gasteiger partial charge in [0.15, 0.2) is 5.95 Å². The molecular weight excluding hydrogens is 219 g/mol. The van der Waals surface area contributed by atoms with Gasteiger partial charge in [-0.05, 0) is 7.05 Å². The maximum Gasteiger partial charge on any atom is 0.414 e. The van der Waals surface area contributed by atoms with E-state index in [9.17, 15) is 17.6 Å². The van der Waals surface area contributed by atoms with Crippen LogP contribution >= 0.6 is 0 Å². The van der Waals surface area contributed by atoms with Gasteiger partial charge in [0.1, 0.15) is 0 Å². The van der Waals surface area contributed by atoms with Crippen LogP contribution < -0.4 is 0 Å². The first-order valence-electron chi connectivity index (χ1n) is 4.27. The molecule has 0 N–H and O–H groups in total. The summed E-state index contributed by atoms with van der Waals surface area (Å²) in [4.78, 5) is 3.05. The second-order valence-electron chi connectivity index (χ2n) is 3.30. The molecule has 2 nitrogen and oxygen atoms in total. The summed E-state index contributed by atoms with van der Waals surface area (Å²) in [6.45, 7) is 1.77. The van der Waals surface area contributed by atoms with Gasteiger partial charge in [-0.1, -0.05) is 0 Å². The van der Waals surface area contributed by atoms with E-state index in [1.54, 1.807) is 0 Å². The van der Waals surface area contributed by atoms with Gasteiger partial charge in [0.25, 0.3) is 0 Å². The molecule has 0 atom stereocenters. The van der Waals surface area contributed by atoms with Crippen LogP contribution in [0.1, 0.15) is 0 Å². The Balaban J connectivity index is 0.00000196. The van der Waals surface area contributed by atoms with Crippen molar-refractivity contribution in [3.05, 3.63) is 12.0 Å². The van der Waals surface area contributed by atoms with Gasteiger partial charge in [-0.2, -0.15) is 17.6 Å². The molecule has 0 spiro atoms. The molecule has 0 radical (unpaired) electrons. The Morgan fingerprint density at radius 3 is 2.00 bits per heavy atom. The van der Waals surface area contributed by atoms with E-state index in [1.807, 2.05) is 11.9 Å². The van der Waals surface area contributed by atoms with E-state index in [1.165, 1.54) is 0 Å². The van der Waals surface area contributed by atoms with E-state index in [0.717, 1.165) is 4.90 Å². The molecule has 0 aromatic rings. The minimum atomic E-state index is -4.58. The van der Waals surface area contributed by atoms with Crippen molar-refractivity contribution in [3.63, 3.8) is 0 Å². The third-order valence-electron chi connectivity index (χ3n) is 2.09. The number of nitrogens with zero attached hydrogens (tertiary/aromatic N) is 2. The van der Waals surface area contributed by atoms with Gasteiger partial charge in [-0.3, -0.25) is 4.70 Å². The first kappa shape index (κ1) is 14.2. The van der Waals surface area contributed by atoms with Gasteiger partial charge < -0.3 is 9.80 Å². The lowest BCUT2D eigenvalue weighted by Crippen LogP contribution is -2.43. The number of alkyl halides is 3. The highest BCUT2D eigenvalue weighted by Crippen LogP contribution is 2.21.